The largest absolute Gasteiger partial charge is 0.508 e. The lowest BCUT2D eigenvalue weighted by atomic mass is 9.81. The van der Waals surface area contributed by atoms with E-state index in [1.54, 1.807) is 12.1 Å². The minimum Gasteiger partial charge on any atom is -0.508 e. The molecule has 94 valence electrons. The van der Waals surface area contributed by atoms with E-state index < -0.39 is 5.41 Å². The van der Waals surface area contributed by atoms with Gasteiger partial charge in [-0.05, 0) is 29.2 Å². The van der Waals surface area contributed by atoms with Gasteiger partial charge in [-0.1, -0.05) is 41.5 Å². The third-order valence-corrected chi connectivity index (χ3v) is 2.75. The van der Waals surface area contributed by atoms with Crippen molar-refractivity contribution in [1.82, 2.24) is 0 Å². The van der Waals surface area contributed by atoms with Crippen LogP contribution in [0.15, 0.2) is 18.2 Å². The van der Waals surface area contributed by atoms with Crippen LogP contribution in [0.3, 0.4) is 0 Å². The normalized spacial score (nSPS) is 12.6. The van der Waals surface area contributed by atoms with Gasteiger partial charge in [0.15, 0.2) is 5.78 Å². The molecule has 1 aromatic carbocycles. The fourth-order valence-corrected chi connectivity index (χ4v) is 1.71. The maximum absolute atomic E-state index is 12.2. The van der Waals surface area contributed by atoms with Crippen LogP contribution in [0, 0.1) is 5.41 Å². The Morgan fingerprint density at radius 2 is 1.59 bits per heavy atom. The highest BCUT2D eigenvalue weighted by Gasteiger charge is 2.25. The first-order valence-electron chi connectivity index (χ1n) is 5.92. The van der Waals surface area contributed by atoms with E-state index in [1.165, 1.54) is 0 Å². The highest BCUT2D eigenvalue weighted by atomic mass is 16.3. The smallest absolute Gasteiger partial charge is 0.168 e. The Hall–Kier alpha value is -1.31. The summed E-state index contributed by atoms with van der Waals surface area (Å²) in [4.78, 5) is 12.2. The number of benzene rings is 1. The van der Waals surface area contributed by atoms with Crippen LogP contribution in [0.1, 0.15) is 57.5 Å². The number of rotatable bonds is 1. The van der Waals surface area contributed by atoms with Crippen LogP contribution in [0.4, 0.5) is 0 Å². The molecule has 0 radical (unpaired) electrons. The first-order chi connectivity index (χ1) is 7.53. The second-order valence-corrected chi connectivity index (χ2v) is 6.56. The number of hydrogen-bond acceptors (Lipinski definition) is 2. The Balaban J connectivity index is 3.28. The summed E-state index contributed by atoms with van der Waals surface area (Å²) in [7, 11) is 0. The van der Waals surface area contributed by atoms with Gasteiger partial charge in [0.05, 0.1) is 0 Å². The zero-order chi connectivity index (χ0) is 13.4. The molecule has 0 atom stereocenters. The van der Waals surface area contributed by atoms with Gasteiger partial charge in [0.1, 0.15) is 5.75 Å². The van der Waals surface area contributed by atoms with Crippen molar-refractivity contribution in [2.24, 2.45) is 5.41 Å². The van der Waals surface area contributed by atoms with E-state index in [0.717, 1.165) is 5.56 Å². The van der Waals surface area contributed by atoms with Gasteiger partial charge in [0, 0.05) is 11.0 Å². The van der Waals surface area contributed by atoms with E-state index in [9.17, 15) is 9.90 Å². The van der Waals surface area contributed by atoms with Crippen LogP contribution >= 0.6 is 0 Å². The van der Waals surface area contributed by atoms with Crippen LogP contribution in [-0.2, 0) is 5.41 Å². The van der Waals surface area contributed by atoms with Crippen molar-refractivity contribution in [2.45, 2.75) is 47.0 Å². The second kappa shape index (κ2) is 4.17. The number of Topliss-reactive ketones (excluding diaryl/α,β-unsaturated/α-hetero) is 1. The van der Waals surface area contributed by atoms with E-state index in [-0.39, 0.29) is 16.9 Å². The van der Waals surface area contributed by atoms with Gasteiger partial charge >= 0.3 is 0 Å². The topological polar surface area (TPSA) is 37.3 Å². The minimum atomic E-state index is -0.397. The minimum absolute atomic E-state index is 0.100. The van der Waals surface area contributed by atoms with Gasteiger partial charge in [0.2, 0.25) is 0 Å². The van der Waals surface area contributed by atoms with Crippen molar-refractivity contribution in [3.63, 3.8) is 0 Å². The fraction of sp³-hybridized carbons (Fsp3) is 0.533. The molecule has 0 fully saturated rings. The molecular weight excluding hydrogens is 212 g/mol. The number of carbonyl (C=O) groups excluding carboxylic acids is 1. The molecule has 2 heteroatoms. The molecule has 1 N–H and O–H groups in total. The number of phenols is 1. The van der Waals surface area contributed by atoms with Crippen LogP contribution in [0.2, 0.25) is 0 Å². The highest BCUT2D eigenvalue weighted by molar-refractivity contribution is 6.00. The molecular formula is C15H22O2. The fourth-order valence-electron chi connectivity index (χ4n) is 1.71. The number of carbonyl (C=O) groups is 1. The predicted molar refractivity (Wildman–Crippen MR) is 70.6 cm³/mol. The van der Waals surface area contributed by atoms with E-state index in [0.29, 0.717) is 5.56 Å². The van der Waals surface area contributed by atoms with Crippen LogP contribution in [-0.4, -0.2) is 10.9 Å². The molecule has 2 nitrogen and oxygen atoms in total. The molecule has 0 amide bonds. The second-order valence-electron chi connectivity index (χ2n) is 6.56. The summed E-state index contributed by atoms with van der Waals surface area (Å²) >= 11 is 0. The van der Waals surface area contributed by atoms with E-state index in [1.807, 2.05) is 47.6 Å². The van der Waals surface area contributed by atoms with E-state index in [2.05, 4.69) is 0 Å². The van der Waals surface area contributed by atoms with E-state index in [4.69, 9.17) is 0 Å². The molecule has 0 saturated heterocycles. The Labute approximate surface area is 104 Å². The van der Waals surface area contributed by atoms with Crippen molar-refractivity contribution in [3.8, 4) is 5.75 Å². The molecule has 0 saturated carbocycles. The standard InChI is InChI=1S/C15H22O2/c1-14(2,3)11-9-10(7-8-12(11)16)13(17)15(4,5)6/h7-9,16H,1-6H3. The molecule has 0 heterocycles. The molecule has 0 aromatic heterocycles. The Bertz CT molecular complexity index is 431. The van der Waals surface area contributed by atoms with Crippen LogP contribution in [0.5, 0.6) is 5.75 Å². The first-order valence-corrected chi connectivity index (χ1v) is 5.92. The lowest BCUT2D eigenvalue weighted by Gasteiger charge is -2.23. The number of phenolic OH excluding ortho intramolecular Hbond substituents is 1. The van der Waals surface area contributed by atoms with Gasteiger partial charge < -0.3 is 5.11 Å². The lowest BCUT2D eigenvalue weighted by molar-refractivity contribution is 0.0858. The van der Waals surface area contributed by atoms with Gasteiger partial charge in [-0.15, -0.1) is 0 Å². The van der Waals surface area contributed by atoms with E-state index >= 15 is 0 Å². The summed E-state index contributed by atoms with van der Waals surface area (Å²) in [6, 6.07) is 5.11. The monoisotopic (exact) mass is 234 g/mol. The lowest BCUT2D eigenvalue weighted by Crippen LogP contribution is -2.21. The summed E-state index contributed by atoms with van der Waals surface area (Å²) in [6.07, 6.45) is 0. The molecule has 1 aromatic rings. The summed E-state index contributed by atoms with van der Waals surface area (Å²) in [5.41, 5.74) is 0.914. The zero-order valence-electron chi connectivity index (χ0n) is 11.6. The van der Waals surface area contributed by atoms with Gasteiger partial charge in [0.25, 0.3) is 0 Å². The molecule has 17 heavy (non-hydrogen) atoms. The summed E-state index contributed by atoms with van der Waals surface area (Å²) < 4.78 is 0. The SMILES string of the molecule is CC(C)(C)C(=O)c1ccc(O)c(C(C)(C)C)c1. The van der Waals surface area contributed by atoms with Crippen LogP contribution < -0.4 is 0 Å². The molecule has 0 aliphatic rings. The highest BCUT2D eigenvalue weighted by Crippen LogP contribution is 2.32. The zero-order valence-corrected chi connectivity index (χ0v) is 11.6. The Morgan fingerprint density at radius 3 is 2.00 bits per heavy atom. The van der Waals surface area contributed by atoms with Gasteiger partial charge in [-0.3, -0.25) is 4.79 Å². The predicted octanol–water partition coefficient (Wildman–Crippen LogP) is 3.92. The van der Waals surface area contributed by atoms with Crippen LogP contribution in [0.25, 0.3) is 0 Å². The van der Waals surface area contributed by atoms with Crippen molar-refractivity contribution in [1.29, 1.82) is 0 Å². The van der Waals surface area contributed by atoms with Crippen molar-refractivity contribution in [3.05, 3.63) is 29.3 Å². The van der Waals surface area contributed by atoms with Gasteiger partial charge in [-0.2, -0.15) is 0 Å². The van der Waals surface area contributed by atoms with Crippen molar-refractivity contribution in [2.75, 3.05) is 0 Å². The average molecular weight is 234 g/mol. The summed E-state index contributed by atoms with van der Waals surface area (Å²) in [5.74, 6) is 0.353. The van der Waals surface area contributed by atoms with Crippen molar-refractivity contribution >= 4 is 5.78 Å². The number of hydrogen-bond donors (Lipinski definition) is 1. The summed E-state index contributed by atoms with van der Waals surface area (Å²) in [6.45, 7) is 11.8. The Kier molecular flexibility index (Phi) is 3.37. The molecule has 0 aliphatic heterocycles. The quantitative estimate of drug-likeness (QED) is 0.748. The molecule has 0 spiro atoms. The molecule has 1 rings (SSSR count). The first kappa shape index (κ1) is 13.8. The maximum atomic E-state index is 12.2. The molecule has 0 bridgehead atoms. The van der Waals surface area contributed by atoms with Crippen molar-refractivity contribution < 1.29 is 9.90 Å². The average Bonchev–Trinajstić information content (AvgIpc) is 2.14. The molecule has 0 unspecified atom stereocenters. The third kappa shape index (κ3) is 3.09. The number of ketones is 1. The third-order valence-electron chi connectivity index (χ3n) is 2.75. The number of aromatic hydroxyl groups is 1. The van der Waals surface area contributed by atoms with Gasteiger partial charge in [-0.25, -0.2) is 0 Å². The maximum Gasteiger partial charge on any atom is 0.168 e. The summed E-state index contributed by atoms with van der Waals surface area (Å²) in [5, 5.41) is 9.84. The molecule has 0 aliphatic carbocycles. The Morgan fingerprint density at radius 1 is 1.06 bits per heavy atom.